The van der Waals surface area contributed by atoms with Gasteiger partial charge in [0, 0.05) is 12.1 Å². The van der Waals surface area contributed by atoms with E-state index in [0.717, 1.165) is 17.2 Å². The number of hydrogen-bond donors (Lipinski definition) is 1. The number of aryl methyl sites for hydroxylation is 2. The highest BCUT2D eigenvalue weighted by atomic mass is 16.6. The molecule has 0 aromatic heterocycles. The predicted octanol–water partition coefficient (Wildman–Crippen LogP) is 3.70. The lowest BCUT2D eigenvalue weighted by atomic mass is 10.1. The van der Waals surface area contributed by atoms with Crippen molar-refractivity contribution in [3.8, 4) is 11.5 Å². The minimum Gasteiger partial charge on any atom is -0.478 e. The number of carboxylic acid groups (broad SMARTS) is 1. The number of ether oxygens (including phenoxy) is 1. The van der Waals surface area contributed by atoms with Crippen LogP contribution in [0.1, 0.15) is 21.5 Å². The smallest absolute Gasteiger partial charge is 0.339 e. The monoisotopic (exact) mass is 287 g/mol. The number of nitro groups is 1. The molecule has 0 bridgehead atoms. The van der Waals surface area contributed by atoms with Gasteiger partial charge >= 0.3 is 5.97 Å². The molecule has 0 heterocycles. The van der Waals surface area contributed by atoms with E-state index in [9.17, 15) is 20.0 Å². The van der Waals surface area contributed by atoms with Gasteiger partial charge in [-0.25, -0.2) is 4.79 Å². The fraction of sp³-hybridized carbons (Fsp3) is 0.133. The Morgan fingerprint density at radius 2 is 1.81 bits per heavy atom. The van der Waals surface area contributed by atoms with Crippen LogP contribution in [0.2, 0.25) is 0 Å². The zero-order valence-corrected chi connectivity index (χ0v) is 11.5. The van der Waals surface area contributed by atoms with E-state index >= 15 is 0 Å². The van der Waals surface area contributed by atoms with Crippen molar-refractivity contribution in [2.24, 2.45) is 0 Å². The number of carbonyl (C=O) groups is 1. The third-order valence-electron chi connectivity index (χ3n) is 3.03. The van der Waals surface area contributed by atoms with Crippen LogP contribution in [0.15, 0.2) is 36.4 Å². The van der Waals surface area contributed by atoms with Crippen LogP contribution < -0.4 is 4.74 Å². The fourth-order valence-electron chi connectivity index (χ4n) is 1.96. The van der Waals surface area contributed by atoms with E-state index in [1.807, 2.05) is 32.0 Å². The molecule has 0 unspecified atom stereocenters. The minimum absolute atomic E-state index is 0.0745. The Morgan fingerprint density at radius 1 is 1.19 bits per heavy atom. The topological polar surface area (TPSA) is 89.7 Å². The molecule has 2 aromatic rings. The van der Waals surface area contributed by atoms with Gasteiger partial charge in [0.15, 0.2) is 0 Å². The molecule has 6 nitrogen and oxygen atoms in total. The van der Waals surface area contributed by atoms with E-state index < -0.39 is 10.9 Å². The minimum atomic E-state index is -1.28. The quantitative estimate of drug-likeness (QED) is 0.684. The Kier molecular flexibility index (Phi) is 3.89. The van der Waals surface area contributed by atoms with Crippen LogP contribution >= 0.6 is 0 Å². The molecule has 0 aliphatic rings. The Hall–Kier alpha value is -2.89. The van der Waals surface area contributed by atoms with Crippen LogP contribution in [0.5, 0.6) is 11.5 Å². The van der Waals surface area contributed by atoms with E-state index in [1.54, 1.807) is 0 Å². The Bertz CT molecular complexity index is 704. The highest BCUT2D eigenvalue weighted by Crippen LogP contribution is 2.32. The Balaban J connectivity index is 2.49. The van der Waals surface area contributed by atoms with Crippen molar-refractivity contribution in [1.82, 2.24) is 0 Å². The first-order valence-electron chi connectivity index (χ1n) is 6.16. The van der Waals surface area contributed by atoms with Gasteiger partial charge < -0.3 is 9.84 Å². The van der Waals surface area contributed by atoms with E-state index in [-0.39, 0.29) is 17.0 Å². The zero-order chi connectivity index (χ0) is 15.6. The number of nitrogens with zero attached hydrogens (tertiary/aromatic N) is 1. The van der Waals surface area contributed by atoms with Gasteiger partial charge in [-0.2, -0.15) is 0 Å². The van der Waals surface area contributed by atoms with Gasteiger partial charge in [0.05, 0.1) is 4.92 Å². The number of rotatable bonds is 4. The fourth-order valence-corrected chi connectivity index (χ4v) is 1.96. The molecule has 0 spiro atoms. The van der Waals surface area contributed by atoms with Crippen molar-refractivity contribution in [1.29, 1.82) is 0 Å². The summed E-state index contributed by atoms with van der Waals surface area (Å²) in [6.45, 7) is 3.68. The van der Waals surface area contributed by atoms with E-state index in [4.69, 9.17) is 4.74 Å². The van der Waals surface area contributed by atoms with Gasteiger partial charge in [-0.05, 0) is 31.0 Å². The molecule has 0 amide bonds. The first-order chi connectivity index (χ1) is 9.90. The van der Waals surface area contributed by atoms with Gasteiger partial charge in [0.1, 0.15) is 17.1 Å². The first kappa shape index (κ1) is 14.5. The summed E-state index contributed by atoms with van der Waals surface area (Å²) in [6.07, 6.45) is 0. The number of carboxylic acids is 1. The second-order valence-electron chi connectivity index (χ2n) is 4.57. The van der Waals surface area contributed by atoms with Crippen LogP contribution in [0.3, 0.4) is 0 Å². The summed E-state index contributed by atoms with van der Waals surface area (Å²) in [5.74, 6) is -0.653. The van der Waals surface area contributed by atoms with Crippen LogP contribution in [0, 0.1) is 24.0 Å². The number of benzene rings is 2. The summed E-state index contributed by atoms with van der Waals surface area (Å²) >= 11 is 0. The van der Waals surface area contributed by atoms with Crippen molar-refractivity contribution < 1.29 is 19.6 Å². The summed E-state index contributed by atoms with van der Waals surface area (Å²) in [4.78, 5) is 21.3. The molecule has 108 valence electrons. The first-order valence-corrected chi connectivity index (χ1v) is 6.16. The SMILES string of the molecule is Cc1cccc(C)c1Oc1ccc([N+](=O)[O-])cc1C(=O)O. The molecule has 2 rings (SSSR count). The van der Waals surface area contributed by atoms with Gasteiger partial charge in [-0.3, -0.25) is 10.1 Å². The average molecular weight is 287 g/mol. The van der Waals surface area contributed by atoms with Crippen molar-refractivity contribution in [3.05, 3.63) is 63.2 Å². The second kappa shape index (κ2) is 5.62. The molecule has 0 aliphatic heterocycles. The van der Waals surface area contributed by atoms with Crippen molar-refractivity contribution in [2.75, 3.05) is 0 Å². The number of para-hydroxylation sites is 1. The summed E-state index contributed by atoms with van der Waals surface area (Å²) in [6, 6.07) is 9.06. The lowest BCUT2D eigenvalue weighted by Crippen LogP contribution is -2.02. The van der Waals surface area contributed by atoms with Crippen molar-refractivity contribution in [3.63, 3.8) is 0 Å². The molecule has 1 N–H and O–H groups in total. The number of nitro benzene ring substituents is 1. The molecule has 21 heavy (non-hydrogen) atoms. The summed E-state index contributed by atoms with van der Waals surface area (Å²) in [5.41, 5.74) is 1.17. The standard InChI is InChI=1S/C15H13NO5/c1-9-4-3-5-10(2)14(9)21-13-7-6-11(16(19)20)8-12(13)15(17)18/h3-8H,1-2H3,(H,17,18). The van der Waals surface area contributed by atoms with Gasteiger partial charge in [0.25, 0.3) is 5.69 Å². The highest BCUT2D eigenvalue weighted by molar-refractivity contribution is 5.91. The van der Waals surface area contributed by atoms with Crippen molar-refractivity contribution in [2.45, 2.75) is 13.8 Å². The number of aromatic carboxylic acids is 1. The lowest BCUT2D eigenvalue weighted by molar-refractivity contribution is -0.384. The van der Waals surface area contributed by atoms with Crippen molar-refractivity contribution >= 4 is 11.7 Å². The van der Waals surface area contributed by atoms with E-state index in [0.29, 0.717) is 5.75 Å². The van der Waals surface area contributed by atoms with Gasteiger partial charge in [0.2, 0.25) is 0 Å². The Labute approximate surface area is 120 Å². The molecule has 0 atom stereocenters. The average Bonchev–Trinajstić information content (AvgIpc) is 2.42. The maximum atomic E-state index is 11.3. The molecular weight excluding hydrogens is 274 g/mol. The lowest BCUT2D eigenvalue weighted by Gasteiger charge is -2.13. The third kappa shape index (κ3) is 3.00. The van der Waals surface area contributed by atoms with Crippen LogP contribution in [0.4, 0.5) is 5.69 Å². The molecule has 2 aromatic carbocycles. The molecule has 0 aliphatic carbocycles. The summed E-state index contributed by atoms with van der Waals surface area (Å²) in [5, 5.41) is 19.9. The van der Waals surface area contributed by atoms with Gasteiger partial charge in [-0.1, -0.05) is 18.2 Å². The maximum Gasteiger partial charge on any atom is 0.339 e. The van der Waals surface area contributed by atoms with E-state index in [2.05, 4.69) is 0 Å². The number of hydrogen-bond acceptors (Lipinski definition) is 4. The molecule has 6 heteroatoms. The zero-order valence-electron chi connectivity index (χ0n) is 11.5. The largest absolute Gasteiger partial charge is 0.478 e. The Morgan fingerprint density at radius 3 is 2.33 bits per heavy atom. The predicted molar refractivity (Wildman–Crippen MR) is 76.0 cm³/mol. The summed E-state index contributed by atoms with van der Waals surface area (Å²) in [7, 11) is 0. The summed E-state index contributed by atoms with van der Waals surface area (Å²) < 4.78 is 5.66. The van der Waals surface area contributed by atoms with Gasteiger partial charge in [-0.15, -0.1) is 0 Å². The molecule has 0 fully saturated rings. The highest BCUT2D eigenvalue weighted by Gasteiger charge is 2.18. The second-order valence-corrected chi connectivity index (χ2v) is 4.57. The van der Waals surface area contributed by atoms with Crippen LogP contribution in [0.25, 0.3) is 0 Å². The molecule has 0 saturated carbocycles. The number of non-ortho nitro benzene ring substituents is 1. The van der Waals surface area contributed by atoms with Crippen LogP contribution in [-0.4, -0.2) is 16.0 Å². The molecular formula is C15H13NO5. The maximum absolute atomic E-state index is 11.3. The normalized spacial score (nSPS) is 10.2. The van der Waals surface area contributed by atoms with E-state index in [1.165, 1.54) is 12.1 Å². The molecule has 0 radical (unpaired) electrons. The molecule has 0 saturated heterocycles. The van der Waals surface area contributed by atoms with Crippen LogP contribution in [-0.2, 0) is 0 Å². The third-order valence-corrected chi connectivity index (χ3v) is 3.03.